The van der Waals surface area contributed by atoms with Crippen LogP contribution in [0, 0.1) is 0 Å². The average molecular weight is 311 g/mol. The van der Waals surface area contributed by atoms with Gasteiger partial charge in [-0.05, 0) is 35.7 Å². The van der Waals surface area contributed by atoms with E-state index in [0.29, 0.717) is 12.1 Å². The molecule has 0 atom stereocenters. The van der Waals surface area contributed by atoms with Gasteiger partial charge in [-0.3, -0.25) is 9.69 Å². The van der Waals surface area contributed by atoms with Gasteiger partial charge in [0.05, 0.1) is 12.1 Å². The summed E-state index contributed by atoms with van der Waals surface area (Å²) in [5, 5.41) is 9.75. The zero-order valence-corrected chi connectivity index (χ0v) is 14.3. The van der Waals surface area contributed by atoms with Crippen LogP contribution in [0.25, 0.3) is 0 Å². The van der Waals surface area contributed by atoms with Crippen molar-refractivity contribution in [1.82, 2.24) is 4.90 Å². The lowest BCUT2D eigenvalue weighted by atomic mass is 9.87. The van der Waals surface area contributed by atoms with Crippen molar-refractivity contribution < 1.29 is 9.90 Å². The zero-order valence-electron chi connectivity index (χ0n) is 14.3. The predicted molar refractivity (Wildman–Crippen MR) is 93.9 cm³/mol. The van der Waals surface area contributed by atoms with Crippen LogP contribution in [0.5, 0.6) is 5.75 Å². The maximum Gasteiger partial charge on any atom is 0.180 e. The third-order valence-electron chi connectivity index (χ3n) is 3.89. The minimum Gasteiger partial charge on any atom is -0.507 e. The SMILES string of the molecule is CN(CC(=O)c1ccccc1O)Cc1ccc(C(C)(C)C)cc1. The molecular formula is C20H25NO2. The van der Waals surface area contributed by atoms with Crippen molar-refractivity contribution in [2.75, 3.05) is 13.6 Å². The van der Waals surface area contributed by atoms with E-state index in [-0.39, 0.29) is 23.5 Å². The van der Waals surface area contributed by atoms with E-state index in [0.717, 1.165) is 0 Å². The highest BCUT2D eigenvalue weighted by Gasteiger charge is 2.15. The molecule has 0 radical (unpaired) electrons. The van der Waals surface area contributed by atoms with Crippen molar-refractivity contribution in [2.24, 2.45) is 0 Å². The molecule has 122 valence electrons. The number of benzene rings is 2. The Hall–Kier alpha value is -2.13. The number of carbonyl (C=O) groups is 1. The van der Waals surface area contributed by atoms with Crippen LogP contribution in [-0.2, 0) is 12.0 Å². The third-order valence-corrected chi connectivity index (χ3v) is 3.89. The van der Waals surface area contributed by atoms with E-state index in [1.807, 2.05) is 11.9 Å². The number of hydrogen-bond donors (Lipinski definition) is 1. The molecule has 0 heterocycles. The topological polar surface area (TPSA) is 40.5 Å². The van der Waals surface area contributed by atoms with Crippen LogP contribution in [0.2, 0.25) is 0 Å². The summed E-state index contributed by atoms with van der Waals surface area (Å²) in [6.07, 6.45) is 0. The van der Waals surface area contributed by atoms with Crippen LogP contribution in [0.4, 0.5) is 0 Å². The number of aromatic hydroxyl groups is 1. The number of para-hydroxylation sites is 1. The Morgan fingerprint density at radius 2 is 1.65 bits per heavy atom. The van der Waals surface area contributed by atoms with Crippen LogP contribution in [0.3, 0.4) is 0 Å². The molecule has 2 aromatic carbocycles. The Bertz CT molecular complexity index is 669. The molecule has 0 aliphatic heterocycles. The van der Waals surface area contributed by atoms with Gasteiger partial charge in [0.15, 0.2) is 5.78 Å². The maximum atomic E-state index is 12.3. The summed E-state index contributed by atoms with van der Waals surface area (Å²) in [5.41, 5.74) is 2.99. The van der Waals surface area contributed by atoms with Crippen LogP contribution in [0.15, 0.2) is 48.5 Å². The molecule has 0 aromatic heterocycles. The van der Waals surface area contributed by atoms with Gasteiger partial charge in [-0.2, -0.15) is 0 Å². The van der Waals surface area contributed by atoms with Gasteiger partial charge in [-0.1, -0.05) is 57.2 Å². The summed E-state index contributed by atoms with van der Waals surface area (Å²) in [5.74, 6) is -0.0302. The highest BCUT2D eigenvalue weighted by Crippen LogP contribution is 2.22. The molecule has 2 rings (SSSR count). The summed E-state index contributed by atoms with van der Waals surface area (Å²) < 4.78 is 0. The number of Topliss-reactive ketones (excluding diaryl/α,β-unsaturated/α-hetero) is 1. The van der Waals surface area contributed by atoms with Gasteiger partial charge in [0.1, 0.15) is 5.75 Å². The fourth-order valence-electron chi connectivity index (χ4n) is 2.52. The number of likely N-dealkylation sites (N-methyl/N-ethyl adjacent to an activating group) is 1. The van der Waals surface area contributed by atoms with E-state index in [4.69, 9.17) is 0 Å². The van der Waals surface area contributed by atoms with E-state index < -0.39 is 0 Å². The fraction of sp³-hybridized carbons (Fsp3) is 0.350. The second kappa shape index (κ2) is 6.97. The zero-order chi connectivity index (χ0) is 17.0. The normalized spacial score (nSPS) is 11.7. The average Bonchev–Trinajstić information content (AvgIpc) is 2.47. The van der Waals surface area contributed by atoms with E-state index in [1.165, 1.54) is 11.1 Å². The largest absolute Gasteiger partial charge is 0.507 e. The van der Waals surface area contributed by atoms with Crippen molar-refractivity contribution >= 4 is 5.78 Å². The van der Waals surface area contributed by atoms with E-state index in [9.17, 15) is 9.90 Å². The molecule has 1 N–H and O–H groups in total. The molecule has 0 spiro atoms. The summed E-state index contributed by atoms with van der Waals surface area (Å²) >= 11 is 0. The minimum absolute atomic E-state index is 0.0421. The lowest BCUT2D eigenvalue weighted by Gasteiger charge is -2.20. The van der Waals surface area contributed by atoms with Gasteiger partial charge >= 0.3 is 0 Å². The van der Waals surface area contributed by atoms with Crippen LogP contribution in [0.1, 0.15) is 42.3 Å². The number of ketones is 1. The van der Waals surface area contributed by atoms with Crippen molar-refractivity contribution in [3.63, 3.8) is 0 Å². The molecule has 0 aliphatic carbocycles. The number of nitrogens with zero attached hydrogens (tertiary/aromatic N) is 1. The standard InChI is InChI=1S/C20H25NO2/c1-20(2,3)16-11-9-15(10-12-16)13-21(4)14-19(23)17-7-5-6-8-18(17)22/h5-12,22H,13-14H2,1-4H3. The molecule has 0 fully saturated rings. The number of phenols is 1. The van der Waals surface area contributed by atoms with Crippen LogP contribution >= 0.6 is 0 Å². The first-order valence-corrected chi connectivity index (χ1v) is 7.86. The van der Waals surface area contributed by atoms with Gasteiger partial charge in [-0.25, -0.2) is 0 Å². The molecule has 0 unspecified atom stereocenters. The first-order chi connectivity index (χ1) is 10.8. The Morgan fingerprint density at radius 3 is 2.22 bits per heavy atom. The molecule has 2 aromatic rings. The lowest BCUT2D eigenvalue weighted by Crippen LogP contribution is -2.25. The molecule has 0 saturated heterocycles. The molecular weight excluding hydrogens is 286 g/mol. The van der Waals surface area contributed by atoms with E-state index in [1.54, 1.807) is 24.3 Å². The van der Waals surface area contributed by atoms with Gasteiger partial charge in [0.2, 0.25) is 0 Å². The predicted octanol–water partition coefficient (Wildman–Crippen LogP) is 4.00. The first-order valence-electron chi connectivity index (χ1n) is 7.86. The number of rotatable bonds is 5. The third kappa shape index (κ3) is 4.67. The minimum atomic E-state index is -0.0723. The van der Waals surface area contributed by atoms with Gasteiger partial charge in [0, 0.05) is 6.54 Å². The molecule has 0 bridgehead atoms. The Kier molecular flexibility index (Phi) is 5.22. The Balaban J connectivity index is 1.98. The molecule has 3 nitrogen and oxygen atoms in total. The van der Waals surface area contributed by atoms with E-state index >= 15 is 0 Å². The summed E-state index contributed by atoms with van der Waals surface area (Å²) in [6, 6.07) is 15.2. The second-order valence-corrected chi connectivity index (χ2v) is 7.06. The highest BCUT2D eigenvalue weighted by molar-refractivity contribution is 5.99. The fourth-order valence-corrected chi connectivity index (χ4v) is 2.52. The van der Waals surface area contributed by atoms with E-state index in [2.05, 4.69) is 45.0 Å². The van der Waals surface area contributed by atoms with Crippen molar-refractivity contribution in [3.8, 4) is 5.75 Å². The molecule has 0 amide bonds. The molecule has 3 heteroatoms. The Morgan fingerprint density at radius 1 is 1.04 bits per heavy atom. The maximum absolute atomic E-state index is 12.3. The summed E-state index contributed by atoms with van der Waals surface area (Å²) in [6.45, 7) is 7.56. The van der Waals surface area contributed by atoms with Gasteiger partial charge < -0.3 is 5.11 Å². The quantitative estimate of drug-likeness (QED) is 0.848. The first kappa shape index (κ1) is 17.2. The number of carbonyl (C=O) groups excluding carboxylic acids is 1. The monoisotopic (exact) mass is 311 g/mol. The van der Waals surface area contributed by atoms with Crippen molar-refractivity contribution in [1.29, 1.82) is 0 Å². The molecule has 23 heavy (non-hydrogen) atoms. The second-order valence-electron chi connectivity index (χ2n) is 7.06. The highest BCUT2D eigenvalue weighted by atomic mass is 16.3. The lowest BCUT2D eigenvalue weighted by molar-refractivity contribution is 0.0940. The Labute approximate surface area is 138 Å². The number of hydrogen-bond acceptors (Lipinski definition) is 3. The van der Waals surface area contributed by atoms with Crippen LogP contribution in [-0.4, -0.2) is 29.4 Å². The van der Waals surface area contributed by atoms with Crippen molar-refractivity contribution in [2.45, 2.75) is 32.7 Å². The molecule has 0 saturated carbocycles. The van der Waals surface area contributed by atoms with Gasteiger partial charge in [0.25, 0.3) is 0 Å². The van der Waals surface area contributed by atoms with Gasteiger partial charge in [-0.15, -0.1) is 0 Å². The summed E-state index contributed by atoms with van der Waals surface area (Å²) in [7, 11) is 1.91. The van der Waals surface area contributed by atoms with Crippen LogP contribution < -0.4 is 0 Å². The molecule has 0 aliphatic rings. The summed E-state index contributed by atoms with van der Waals surface area (Å²) in [4.78, 5) is 14.2. The van der Waals surface area contributed by atoms with Crippen molar-refractivity contribution in [3.05, 3.63) is 65.2 Å². The smallest absolute Gasteiger partial charge is 0.180 e. The number of phenolic OH excluding ortho intramolecular Hbond substituents is 1.